The van der Waals surface area contributed by atoms with E-state index in [1.165, 1.54) is 3.57 Å². The van der Waals surface area contributed by atoms with Crippen molar-refractivity contribution < 1.29 is 4.79 Å². The van der Waals surface area contributed by atoms with Gasteiger partial charge in [0.1, 0.15) is 0 Å². The highest BCUT2D eigenvalue weighted by Crippen LogP contribution is 2.13. The molecule has 0 aromatic heterocycles. The molecule has 0 saturated heterocycles. The predicted molar refractivity (Wildman–Crippen MR) is 83.1 cm³/mol. The number of halogens is 1. The van der Waals surface area contributed by atoms with Gasteiger partial charge in [-0.3, -0.25) is 4.79 Å². The standard InChI is InChI=1S/C16H15IO/c1-11-7-12(2)9-14(8-11)16(18)10-13-3-5-15(17)6-4-13/h3-9H,10H2,1-2H3. The molecule has 2 heteroatoms. The molecule has 0 saturated carbocycles. The minimum absolute atomic E-state index is 0.183. The van der Waals surface area contributed by atoms with Gasteiger partial charge in [0.15, 0.2) is 5.78 Å². The van der Waals surface area contributed by atoms with Crippen LogP contribution in [0.4, 0.5) is 0 Å². The lowest BCUT2D eigenvalue weighted by atomic mass is 9.99. The third kappa shape index (κ3) is 3.42. The Morgan fingerprint density at radius 1 is 1.00 bits per heavy atom. The largest absolute Gasteiger partial charge is 0.294 e. The normalized spacial score (nSPS) is 10.4. The summed E-state index contributed by atoms with van der Waals surface area (Å²) < 4.78 is 1.19. The van der Waals surface area contributed by atoms with Crippen LogP contribution in [0.5, 0.6) is 0 Å². The summed E-state index contributed by atoms with van der Waals surface area (Å²) in [7, 11) is 0. The van der Waals surface area contributed by atoms with E-state index < -0.39 is 0 Å². The van der Waals surface area contributed by atoms with E-state index in [0.29, 0.717) is 6.42 Å². The third-order valence-corrected chi connectivity index (χ3v) is 3.54. The van der Waals surface area contributed by atoms with Gasteiger partial charge in [0.25, 0.3) is 0 Å². The number of carbonyl (C=O) groups is 1. The molecule has 1 nitrogen and oxygen atoms in total. The van der Waals surface area contributed by atoms with Gasteiger partial charge in [-0.1, -0.05) is 29.3 Å². The minimum atomic E-state index is 0.183. The monoisotopic (exact) mass is 350 g/mol. The highest BCUT2D eigenvalue weighted by atomic mass is 127. The van der Waals surface area contributed by atoms with Crippen molar-refractivity contribution in [3.05, 3.63) is 68.3 Å². The zero-order valence-electron chi connectivity index (χ0n) is 10.5. The maximum absolute atomic E-state index is 12.2. The molecule has 0 spiro atoms. The maximum Gasteiger partial charge on any atom is 0.167 e. The highest BCUT2D eigenvalue weighted by molar-refractivity contribution is 14.1. The van der Waals surface area contributed by atoms with Gasteiger partial charge in [-0.2, -0.15) is 0 Å². The second-order valence-electron chi connectivity index (χ2n) is 4.60. The SMILES string of the molecule is Cc1cc(C)cc(C(=O)Cc2ccc(I)cc2)c1. The molecule has 0 bridgehead atoms. The van der Waals surface area contributed by atoms with Crippen LogP contribution in [-0.4, -0.2) is 5.78 Å². The van der Waals surface area contributed by atoms with Crippen LogP contribution in [0.1, 0.15) is 27.0 Å². The number of rotatable bonds is 3. The van der Waals surface area contributed by atoms with Crippen molar-refractivity contribution in [2.75, 3.05) is 0 Å². The second-order valence-corrected chi connectivity index (χ2v) is 5.85. The van der Waals surface area contributed by atoms with E-state index in [9.17, 15) is 4.79 Å². The number of Topliss-reactive ketones (excluding diaryl/α,β-unsaturated/α-hetero) is 1. The molecule has 92 valence electrons. The Bertz CT molecular complexity index is 550. The Balaban J connectivity index is 2.19. The average Bonchev–Trinajstić information content (AvgIpc) is 2.31. The molecule has 2 rings (SSSR count). The summed E-state index contributed by atoms with van der Waals surface area (Å²) in [6.45, 7) is 4.04. The van der Waals surface area contributed by atoms with Crippen molar-refractivity contribution in [1.29, 1.82) is 0 Å². The molecule has 0 fully saturated rings. The minimum Gasteiger partial charge on any atom is -0.294 e. The molecular formula is C16H15IO. The third-order valence-electron chi connectivity index (χ3n) is 2.82. The summed E-state index contributed by atoms with van der Waals surface area (Å²) >= 11 is 2.27. The van der Waals surface area contributed by atoms with Crippen molar-refractivity contribution in [2.24, 2.45) is 0 Å². The van der Waals surface area contributed by atoms with Crippen molar-refractivity contribution in [1.82, 2.24) is 0 Å². The van der Waals surface area contributed by atoms with Crippen LogP contribution in [0.3, 0.4) is 0 Å². The summed E-state index contributed by atoms with van der Waals surface area (Å²) in [6, 6.07) is 14.1. The smallest absolute Gasteiger partial charge is 0.167 e. The maximum atomic E-state index is 12.2. The number of hydrogen-bond acceptors (Lipinski definition) is 1. The van der Waals surface area contributed by atoms with Gasteiger partial charge in [0, 0.05) is 15.6 Å². The fourth-order valence-electron chi connectivity index (χ4n) is 2.03. The first-order chi connectivity index (χ1) is 8.54. The summed E-state index contributed by atoms with van der Waals surface area (Å²) in [4.78, 5) is 12.2. The van der Waals surface area contributed by atoms with E-state index in [1.807, 2.05) is 50.2 Å². The zero-order valence-corrected chi connectivity index (χ0v) is 12.7. The molecule has 0 heterocycles. The summed E-state index contributed by atoms with van der Waals surface area (Å²) in [5.41, 5.74) is 4.16. The fourth-order valence-corrected chi connectivity index (χ4v) is 2.38. The van der Waals surface area contributed by atoms with Crippen LogP contribution < -0.4 is 0 Å². The van der Waals surface area contributed by atoms with Gasteiger partial charge in [0.2, 0.25) is 0 Å². The second kappa shape index (κ2) is 5.65. The number of carbonyl (C=O) groups excluding carboxylic acids is 1. The first-order valence-electron chi connectivity index (χ1n) is 5.90. The molecule has 18 heavy (non-hydrogen) atoms. The molecule has 0 aliphatic carbocycles. The lowest BCUT2D eigenvalue weighted by Gasteiger charge is -2.05. The molecule has 0 N–H and O–H groups in total. The Hall–Kier alpha value is -1.16. The molecule has 0 unspecified atom stereocenters. The van der Waals surface area contributed by atoms with Gasteiger partial charge in [0.05, 0.1) is 0 Å². The molecule has 0 atom stereocenters. The van der Waals surface area contributed by atoms with Gasteiger partial charge in [-0.15, -0.1) is 0 Å². The number of ketones is 1. The van der Waals surface area contributed by atoms with Crippen molar-refractivity contribution in [2.45, 2.75) is 20.3 Å². The Morgan fingerprint density at radius 3 is 2.11 bits per heavy atom. The molecule has 0 aliphatic rings. The van der Waals surface area contributed by atoms with E-state index in [-0.39, 0.29) is 5.78 Å². The Labute approximate surface area is 121 Å². The highest BCUT2D eigenvalue weighted by Gasteiger charge is 2.08. The summed E-state index contributed by atoms with van der Waals surface area (Å²) in [6.07, 6.45) is 0.472. The van der Waals surface area contributed by atoms with E-state index in [0.717, 1.165) is 22.3 Å². The van der Waals surface area contributed by atoms with Gasteiger partial charge < -0.3 is 0 Å². The number of hydrogen-bond donors (Lipinski definition) is 0. The quantitative estimate of drug-likeness (QED) is 0.595. The van der Waals surface area contributed by atoms with Crippen LogP contribution in [0.2, 0.25) is 0 Å². The molecule has 0 amide bonds. The van der Waals surface area contributed by atoms with Crippen LogP contribution in [0.25, 0.3) is 0 Å². The molecule has 2 aromatic carbocycles. The van der Waals surface area contributed by atoms with Crippen molar-refractivity contribution >= 4 is 28.4 Å². The number of aryl methyl sites for hydroxylation is 2. The van der Waals surface area contributed by atoms with Crippen molar-refractivity contribution in [3.63, 3.8) is 0 Å². The first-order valence-corrected chi connectivity index (χ1v) is 6.98. The Morgan fingerprint density at radius 2 is 1.56 bits per heavy atom. The lowest BCUT2D eigenvalue weighted by molar-refractivity contribution is 0.0993. The van der Waals surface area contributed by atoms with E-state index >= 15 is 0 Å². The van der Waals surface area contributed by atoms with E-state index in [2.05, 4.69) is 28.7 Å². The van der Waals surface area contributed by atoms with Crippen LogP contribution >= 0.6 is 22.6 Å². The molecule has 0 aliphatic heterocycles. The molecule has 0 radical (unpaired) electrons. The molecule has 2 aromatic rings. The molecular weight excluding hydrogens is 335 g/mol. The van der Waals surface area contributed by atoms with Crippen molar-refractivity contribution in [3.8, 4) is 0 Å². The lowest BCUT2D eigenvalue weighted by Crippen LogP contribution is -2.04. The van der Waals surface area contributed by atoms with Crippen LogP contribution in [0.15, 0.2) is 42.5 Å². The fraction of sp³-hybridized carbons (Fsp3) is 0.188. The van der Waals surface area contributed by atoms with E-state index in [1.54, 1.807) is 0 Å². The van der Waals surface area contributed by atoms with E-state index in [4.69, 9.17) is 0 Å². The summed E-state index contributed by atoms with van der Waals surface area (Å²) in [5.74, 6) is 0.183. The predicted octanol–water partition coefficient (Wildman–Crippen LogP) is 4.33. The Kier molecular flexibility index (Phi) is 4.17. The summed E-state index contributed by atoms with van der Waals surface area (Å²) in [5, 5.41) is 0. The topological polar surface area (TPSA) is 17.1 Å². The van der Waals surface area contributed by atoms with Gasteiger partial charge >= 0.3 is 0 Å². The number of benzene rings is 2. The average molecular weight is 350 g/mol. The van der Waals surface area contributed by atoms with Gasteiger partial charge in [-0.05, 0) is 66.3 Å². The van der Waals surface area contributed by atoms with Crippen LogP contribution in [-0.2, 0) is 6.42 Å². The first kappa shape index (κ1) is 13.3. The van der Waals surface area contributed by atoms with Gasteiger partial charge in [-0.25, -0.2) is 0 Å². The zero-order chi connectivity index (χ0) is 13.1. The van der Waals surface area contributed by atoms with Crippen LogP contribution in [0, 0.1) is 17.4 Å².